The van der Waals surface area contributed by atoms with Crippen molar-refractivity contribution in [2.24, 2.45) is 5.73 Å². The Morgan fingerprint density at radius 1 is 0.574 bits per heavy atom. The Kier molecular flexibility index (Phi) is 45.7. The molecule has 0 aromatic carbocycles. The minimum absolute atomic E-state index is 0.0472. The number of unbranched alkanes of at least 4 members (excludes halogenated alkanes) is 30. The number of aliphatic hydroxyl groups is 2. The Bertz CT molecular complexity index is 1070. The fourth-order valence-electron chi connectivity index (χ4n) is 7.62. The van der Waals surface area contributed by atoms with Gasteiger partial charge in [-0.25, -0.2) is 4.57 Å². The average molecular weight is 883 g/mol. The van der Waals surface area contributed by atoms with Crippen molar-refractivity contribution in [3.63, 3.8) is 0 Å². The molecular formula is C51H99N2O7P. The summed E-state index contributed by atoms with van der Waals surface area (Å²) in [6.07, 6.45) is 53.8. The molecule has 1 amide bonds. The van der Waals surface area contributed by atoms with E-state index in [1.54, 1.807) is 6.08 Å². The Morgan fingerprint density at radius 3 is 1.39 bits per heavy atom. The number of phosphoric ester groups is 1. The Labute approximate surface area is 376 Å². The molecule has 0 aliphatic carbocycles. The van der Waals surface area contributed by atoms with E-state index in [0.717, 1.165) is 64.2 Å². The molecule has 4 atom stereocenters. The van der Waals surface area contributed by atoms with Gasteiger partial charge in [0.2, 0.25) is 5.91 Å². The Hall–Kier alpha value is -1.32. The minimum Gasteiger partial charge on any atom is -0.393 e. The highest BCUT2D eigenvalue weighted by atomic mass is 31.2. The molecule has 0 saturated heterocycles. The Balaban J connectivity index is 4.22. The van der Waals surface area contributed by atoms with Gasteiger partial charge in [-0.3, -0.25) is 13.8 Å². The summed E-state index contributed by atoms with van der Waals surface area (Å²) in [6, 6.07) is -0.988. The molecular weight excluding hydrogens is 784 g/mol. The van der Waals surface area contributed by atoms with E-state index < -0.39 is 38.6 Å². The van der Waals surface area contributed by atoms with Gasteiger partial charge in [0.25, 0.3) is 0 Å². The van der Waals surface area contributed by atoms with Gasteiger partial charge in [-0.1, -0.05) is 224 Å². The fourth-order valence-corrected chi connectivity index (χ4v) is 8.38. The van der Waals surface area contributed by atoms with Crippen LogP contribution < -0.4 is 11.1 Å². The molecule has 0 radical (unpaired) electrons. The summed E-state index contributed by atoms with van der Waals surface area (Å²) in [5.41, 5.74) is 5.38. The number of phosphoric acid groups is 1. The van der Waals surface area contributed by atoms with Crippen LogP contribution in [0.2, 0.25) is 0 Å². The quantitative estimate of drug-likeness (QED) is 0.0230. The van der Waals surface area contributed by atoms with Crippen LogP contribution in [0.15, 0.2) is 36.5 Å². The third-order valence-electron chi connectivity index (χ3n) is 11.5. The molecule has 0 bridgehead atoms. The monoisotopic (exact) mass is 883 g/mol. The average Bonchev–Trinajstić information content (AvgIpc) is 3.24. The summed E-state index contributed by atoms with van der Waals surface area (Å²) < 4.78 is 22.2. The highest BCUT2D eigenvalue weighted by Gasteiger charge is 2.27. The molecule has 0 saturated carbocycles. The lowest BCUT2D eigenvalue weighted by Gasteiger charge is -2.24. The first-order valence-corrected chi connectivity index (χ1v) is 27.2. The smallest absolute Gasteiger partial charge is 0.393 e. The van der Waals surface area contributed by atoms with Crippen LogP contribution in [0.1, 0.15) is 245 Å². The van der Waals surface area contributed by atoms with Crippen molar-refractivity contribution in [1.82, 2.24) is 5.32 Å². The molecule has 0 fully saturated rings. The summed E-state index contributed by atoms with van der Waals surface area (Å²) in [5, 5.41) is 24.2. The van der Waals surface area contributed by atoms with Crippen LogP contribution in [0.5, 0.6) is 0 Å². The molecule has 61 heavy (non-hydrogen) atoms. The molecule has 10 heteroatoms. The highest BCUT2D eigenvalue weighted by Crippen LogP contribution is 2.43. The van der Waals surface area contributed by atoms with Crippen molar-refractivity contribution in [2.45, 2.75) is 263 Å². The highest BCUT2D eigenvalue weighted by molar-refractivity contribution is 7.47. The van der Waals surface area contributed by atoms with Crippen molar-refractivity contribution >= 4 is 13.7 Å². The van der Waals surface area contributed by atoms with E-state index in [1.807, 2.05) is 6.08 Å². The second kappa shape index (κ2) is 46.7. The second-order valence-electron chi connectivity index (χ2n) is 17.6. The van der Waals surface area contributed by atoms with E-state index in [0.29, 0.717) is 6.42 Å². The number of nitrogens with two attached hydrogens (primary N) is 1. The van der Waals surface area contributed by atoms with E-state index in [2.05, 4.69) is 43.5 Å². The zero-order valence-corrected chi connectivity index (χ0v) is 40.7. The van der Waals surface area contributed by atoms with Crippen LogP contribution in [0.4, 0.5) is 0 Å². The summed E-state index contributed by atoms with van der Waals surface area (Å²) in [7, 11) is -4.41. The van der Waals surface area contributed by atoms with Crippen LogP contribution in [-0.4, -0.2) is 59.0 Å². The molecule has 9 nitrogen and oxygen atoms in total. The first-order valence-electron chi connectivity index (χ1n) is 25.7. The first kappa shape index (κ1) is 59.7. The summed E-state index contributed by atoms with van der Waals surface area (Å²) >= 11 is 0. The number of aliphatic hydroxyl groups excluding tert-OH is 2. The zero-order valence-electron chi connectivity index (χ0n) is 39.8. The van der Waals surface area contributed by atoms with Crippen LogP contribution >= 0.6 is 7.82 Å². The lowest BCUT2D eigenvalue weighted by molar-refractivity contribution is -0.124. The summed E-state index contributed by atoms with van der Waals surface area (Å²) in [5.74, 6) is -0.452. The van der Waals surface area contributed by atoms with Crippen LogP contribution in [0, 0.1) is 0 Å². The standard InChI is InChI=1S/C51H99N2O7P/c1-3-5-7-9-11-13-15-17-19-21-23-24-25-26-28-30-32-34-36-38-40-42-48(54)46-51(56)53-49(47-60-61(57,58)59-45-44-52)50(55)43-41-39-37-35-33-31-29-27-22-20-18-16-14-12-10-8-6-4-2/h23-24,26,28,41,43,48-50,54-55H,3-22,25,27,29-40,42,44-47,52H2,1-2H3,(H,53,56)(H,57,58)/b24-23-,28-26-,43-41+. The predicted molar refractivity (Wildman–Crippen MR) is 260 cm³/mol. The van der Waals surface area contributed by atoms with Gasteiger partial charge in [-0.2, -0.15) is 0 Å². The van der Waals surface area contributed by atoms with Crippen LogP contribution in [0.25, 0.3) is 0 Å². The van der Waals surface area contributed by atoms with E-state index in [-0.39, 0.29) is 19.6 Å². The van der Waals surface area contributed by atoms with E-state index >= 15 is 0 Å². The SMILES string of the molecule is CCCCCCCCCCC/C=C\C/C=C\CCCCCCCC(O)CC(=O)NC(COP(=O)(O)OCCN)C(O)/C=C/CCCCCCCCCCCCCCCCCC. The molecule has 0 spiro atoms. The van der Waals surface area contributed by atoms with Gasteiger partial charge in [0.05, 0.1) is 37.9 Å². The maximum Gasteiger partial charge on any atom is 0.472 e. The van der Waals surface area contributed by atoms with Crippen molar-refractivity contribution < 1.29 is 33.5 Å². The second-order valence-corrected chi connectivity index (χ2v) is 19.0. The normalized spacial score (nSPS) is 14.7. The van der Waals surface area contributed by atoms with Crippen molar-refractivity contribution in [2.75, 3.05) is 19.8 Å². The number of nitrogens with one attached hydrogen (secondary N) is 1. The Morgan fingerprint density at radius 2 is 0.967 bits per heavy atom. The number of carbonyl (C=O) groups excluding carboxylic acids is 1. The van der Waals surface area contributed by atoms with Crippen molar-refractivity contribution in [3.8, 4) is 0 Å². The summed E-state index contributed by atoms with van der Waals surface area (Å²) in [4.78, 5) is 22.9. The maximum atomic E-state index is 12.9. The molecule has 0 heterocycles. The van der Waals surface area contributed by atoms with Gasteiger partial charge in [-0.05, 0) is 51.4 Å². The van der Waals surface area contributed by atoms with E-state index in [4.69, 9.17) is 14.8 Å². The van der Waals surface area contributed by atoms with Gasteiger partial charge >= 0.3 is 7.82 Å². The van der Waals surface area contributed by atoms with Crippen LogP contribution in [-0.2, 0) is 18.4 Å². The molecule has 0 rings (SSSR count). The molecule has 0 aliphatic rings. The number of carbonyl (C=O) groups is 1. The molecule has 6 N–H and O–H groups in total. The first-order chi connectivity index (χ1) is 29.8. The number of amides is 1. The van der Waals surface area contributed by atoms with Crippen molar-refractivity contribution in [3.05, 3.63) is 36.5 Å². The van der Waals surface area contributed by atoms with Gasteiger partial charge < -0.3 is 26.2 Å². The lowest BCUT2D eigenvalue weighted by Crippen LogP contribution is -2.46. The molecule has 4 unspecified atom stereocenters. The predicted octanol–water partition coefficient (Wildman–Crippen LogP) is 14.0. The third-order valence-corrected chi connectivity index (χ3v) is 12.5. The number of rotatable bonds is 48. The molecule has 360 valence electrons. The van der Waals surface area contributed by atoms with Gasteiger partial charge in [0.1, 0.15) is 0 Å². The third kappa shape index (κ3) is 45.1. The molecule has 0 aliphatic heterocycles. The van der Waals surface area contributed by atoms with Crippen molar-refractivity contribution in [1.29, 1.82) is 0 Å². The topological polar surface area (TPSA) is 151 Å². The maximum absolute atomic E-state index is 12.9. The number of hydrogen-bond donors (Lipinski definition) is 5. The van der Waals surface area contributed by atoms with Gasteiger partial charge in [0, 0.05) is 6.54 Å². The molecule has 0 aromatic heterocycles. The molecule has 0 aromatic rings. The summed E-state index contributed by atoms with van der Waals surface area (Å²) in [6.45, 7) is 3.99. The van der Waals surface area contributed by atoms with Crippen LogP contribution in [0.3, 0.4) is 0 Å². The minimum atomic E-state index is -4.41. The van der Waals surface area contributed by atoms with E-state index in [9.17, 15) is 24.5 Å². The largest absolute Gasteiger partial charge is 0.472 e. The number of hydrogen-bond acceptors (Lipinski definition) is 7. The zero-order chi connectivity index (χ0) is 44.8. The van der Waals surface area contributed by atoms with Gasteiger partial charge in [-0.15, -0.1) is 0 Å². The van der Waals surface area contributed by atoms with E-state index in [1.165, 1.54) is 154 Å². The number of allylic oxidation sites excluding steroid dienone is 5. The van der Waals surface area contributed by atoms with Gasteiger partial charge in [0.15, 0.2) is 0 Å². The lowest BCUT2D eigenvalue weighted by atomic mass is 10.0. The fraction of sp³-hybridized carbons (Fsp3) is 0.863.